The maximum Gasteiger partial charge on any atom is 0.235 e. The zero-order valence-corrected chi connectivity index (χ0v) is 13.0. The van der Waals surface area contributed by atoms with Crippen LogP contribution in [0.15, 0.2) is 36.4 Å². The van der Waals surface area contributed by atoms with E-state index in [1.807, 2.05) is 12.1 Å². The van der Waals surface area contributed by atoms with Crippen molar-refractivity contribution < 1.29 is 18.3 Å². The van der Waals surface area contributed by atoms with Crippen LogP contribution in [0.5, 0.6) is 5.75 Å². The van der Waals surface area contributed by atoms with Crippen molar-refractivity contribution >= 4 is 26.5 Å². The molecule has 2 aromatic carbocycles. The number of rotatable bonds is 4. The van der Waals surface area contributed by atoms with Crippen LogP contribution in [0.4, 0.5) is 5.69 Å². The van der Waals surface area contributed by atoms with E-state index in [4.69, 9.17) is 4.74 Å². The van der Waals surface area contributed by atoms with Crippen LogP contribution in [0.2, 0.25) is 0 Å². The Labute approximate surface area is 130 Å². The van der Waals surface area contributed by atoms with E-state index in [1.165, 1.54) is 0 Å². The zero-order chi connectivity index (χ0) is 15.6. The molecule has 118 valence electrons. The Morgan fingerprint density at radius 1 is 1.18 bits per heavy atom. The second-order valence-corrected chi connectivity index (χ2v) is 7.32. The Kier molecular flexibility index (Phi) is 4.22. The highest BCUT2D eigenvalue weighted by atomic mass is 32.2. The molecule has 1 aliphatic heterocycles. The van der Waals surface area contributed by atoms with Gasteiger partial charge < -0.3 is 9.84 Å². The van der Waals surface area contributed by atoms with E-state index < -0.39 is 10.0 Å². The van der Waals surface area contributed by atoms with E-state index in [2.05, 4.69) is 4.72 Å². The minimum absolute atomic E-state index is 0.0585. The summed E-state index contributed by atoms with van der Waals surface area (Å²) in [6, 6.07) is 10.3. The van der Waals surface area contributed by atoms with Crippen LogP contribution in [-0.2, 0) is 14.8 Å². The van der Waals surface area contributed by atoms with Crippen molar-refractivity contribution in [3.8, 4) is 5.75 Å². The zero-order valence-electron chi connectivity index (χ0n) is 12.2. The van der Waals surface area contributed by atoms with Crippen LogP contribution < -0.4 is 4.72 Å². The fourth-order valence-electron chi connectivity index (χ4n) is 2.80. The molecule has 1 atom stereocenters. The van der Waals surface area contributed by atoms with Crippen molar-refractivity contribution in [1.82, 2.24) is 0 Å². The summed E-state index contributed by atoms with van der Waals surface area (Å²) in [5.74, 6) is 0.00137. The fourth-order valence-corrected chi connectivity index (χ4v) is 4.14. The molecule has 0 radical (unpaired) electrons. The van der Waals surface area contributed by atoms with E-state index in [0.29, 0.717) is 17.7 Å². The molecule has 5 nitrogen and oxygen atoms in total. The van der Waals surface area contributed by atoms with Gasteiger partial charge in [0.05, 0.1) is 17.5 Å². The average molecular weight is 321 g/mol. The first kappa shape index (κ1) is 15.1. The monoisotopic (exact) mass is 321 g/mol. The van der Waals surface area contributed by atoms with Crippen molar-refractivity contribution in [2.24, 2.45) is 0 Å². The lowest BCUT2D eigenvalue weighted by molar-refractivity contribution is 0.0306. The number of hydrogen-bond acceptors (Lipinski definition) is 4. The first-order valence-electron chi connectivity index (χ1n) is 7.38. The number of benzene rings is 2. The molecule has 0 spiro atoms. The largest absolute Gasteiger partial charge is 0.507 e. The van der Waals surface area contributed by atoms with E-state index in [-0.39, 0.29) is 17.6 Å². The Hall–Kier alpha value is -1.79. The summed E-state index contributed by atoms with van der Waals surface area (Å²) in [5.41, 5.74) is 0.395. The van der Waals surface area contributed by atoms with E-state index in [1.54, 1.807) is 24.3 Å². The number of anilines is 1. The summed E-state index contributed by atoms with van der Waals surface area (Å²) >= 11 is 0. The lowest BCUT2D eigenvalue weighted by atomic mass is 10.1. The van der Waals surface area contributed by atoms with Gasteiger partial charge in [-0.05, 0) is 36.8 Å². The van der Waals surface area contributed by atoms with Crippen LogP contribution in [-0.4, -0.2) is 32.0 Å². The van der Waals surface area contributed by atoms with E-state index in [9.17, 15) is 13.5 Å². The van der Waals surface area contributed by atoms with Gasteiger partial charge in [0.2, 0.25) is 10.0 Å². The number of fused-ring (bicyclic) bond motifs is 1. The summed E-state index contributed by atoms with van der Waals surface area (Å²) in [4.78, 5) is 0. The highest BCUT2D eigenvalue weighted by Gasteiger charge is 2.22. The number of sulfonamides is 1. The van der Waals surface area contributed by atoms with Crippen LogP contribution in [0, 0.1) is 0 Å². The van der Waals surface area contributed by atoms with Crippen molar-refractivity contribution in [2.45, 2.75) is 25.4 Å². The van der Waals surface area contributed by atoms with Gasteiger partial charge in [-0.1, -0.05) is 24.3 Å². The van der Waals surface area contributed by atoms with Crippen molar-refractivity contribution in [2.75, 3.05) is 17.1 Å². The molecular weight excluding hydrogens is 302 g/mol. The number of phenols is 1. The van der Waals surface area contributed by atoms with Gasteiger partial charge in [-0.2, -0.15) is 0 Å². The molecule has 22 heavy (non-hydrogen) atoms. The van der Waals surface area contributed by atoms with Gasteiger partial charge in [-0.25, -0.2) is 8.42 Å². The number of nitrogens with one attached hydrogen (secondary N) is 1. The lowest BCUT2D eigenvalue weighted by Gasteiger charge is -2.22. The molecule has 1 fully saturated rings. The third-order valence-corrected chi connectivity index (χ3v) is 5.17. The minimum atomic E-state index is -3.53. The van der Waals surface area contributed by atoms with Crippen LogP contribution in [0.1, 0.15) is 19.3 Å². The van der Waals surface area contributed by atoms with Crippen LogP contribution >= 0.6 is 0 Å². The van der Waals surface area contributed by atoms with E-state index in [0.717, 1.165) is 24.6 Å². The SMILES string of the molecule is O=S(=O)(CC1CCCCO1)Nc1cccc2cccc(O)c12. The summed E-state index contributed by atoms with van der Waals surface area (Å²) < 4.78 is 32.8. The first-order chi connectivity index (χ1) is 10.6. The highest BCUT2D eigenvalue weighted by molar-refractivity contribution is 7.92. The molecule has 2 N–H and O–H groups in total. The third-order valence-electron chi connectivity index (χ3n) is 3.83. The molecule has 1 aliphatic rings. The molecule has 0 bridgehead atoms. The summed E-state index contributed by atoms with van der Waals surface area (Å²) in [6.07, 6.45) is 2.49. The molecule has 6 heteroatoms. The molecule has 1 saturated heterocycles. The maximum atomic E-state index is 12.4. The van der Waals surface area contributed by atoms with Gasteiger partial charge in [0.25, 0.3) is 0 Å². The predicted octanol–water partition coefficient (Wildman–Crippen LogP) is 2.86. The lowest BCUT2D eigenvalue weighted by Crippen LogP contribution is -2.30. The number of ether oxygens (including phenoxy) is 1. The van der Waals surface area contributed by atoms with Crippen molar-refractivity contribution in [1.29, 1.82) is 0 Å². The summed E-state index contributed by atoms with van der Waals surface area (Å²) in [5, 5.41) is 11.3. The Bertz CT molecular complexity index is 762. The van der Waals surface area contributed by atoms with Gasteiger partial charge in [-0.3, -0.25) is 4.72 Å². The Morgan fingerprint density at radius 3 is 2.68 bits per heavy atom. The van der Waals surface area contributed by atoms with Gasteiger partial charge >= 0.3 is 0 Å². The van der Waals surface area contributed by atoms with Gasteiger partial charge in [0.1, 0.15) is 5.75 Å². The average Bonchev–Trinajstić information content (AvgIpc) is 2.47. The smallest absolute Gasteiger partial charge is 0.235 e. The van der Waals surface area contributed by atoms with Crippen LogP contribution in [0.3, 0.4) is 0 Å². The van der Waals surface area contributed by atoms with E-state index >= 15 is 0 Å². The molecule has 0 aromatic heterocycles. The van der Waals surface area contributed by atoms with Crippen LogP contribution in [0.25, 0.3) is 10.8 Å². The summed E-state index contributed by atoms with van der Waals surface area (Å²) in [7, 11) is -3.53. The van der Waals surface area contributed by atoms with Crippen molar-refractivity contribution in [3.05, 3.63) is 36.4 Å². The quantitative estimate of drug-likeness (QED) is 0.908. The third kappa shape index (κ3) is 3.34. The predicted molar refractivity (Wildman–Crippen MR) is 86.6 cm³/mol. The summed E-state index contributed by atoms with van der Waals surface area (Å²) in [6.45, 7) is 0.620. The molecule has 2 aromatic rings. The topological polar surface area (TPSA) is 75.6 Å². The number of hydrogen-bond donors (Lipinski definition) is 2. The highest BCUT2D eigenvalue weighted by Crippen LogP contribution is 2.32. The normalized spacial score (nSPS) is 19.2. The molecule has 1 unspecified atom stereocenters. The fraction of sp³-hybridized carbons (Fsp3) is 0.375. The second kappa shape index (κ2) is 6.14. The second-order valence-electron chi connectivity index (χ2n) is 5.55. The molecule has 0 amide bonds. The minimum Gasteiger partial charge on any atom is -0.507 e. The van der Waals surface area contributed by atoms with Crippen molar-refractivity contribution in [3.63, 3.8) is 0 Å². The molecule has 1 heterocycles. The standard InChI is InChI=1S/C16H19NO4S/c18-15-9-4-6-12-5-3-8-14(16(12)15)17-22(19,20)11-13-7-1-2-10-21-13/h3-6,8-9,13,17-18H,1-2,7,10-11H2. The Balaban J connectivity index is 1.86. The number of phenolic OH excluding ortho intramolecular Hbond substituents is 1. The first-order valence-corrected chi connectivity index (χ1v) is 9.03. The van der Waals surface area contributed by atoms with Gasteiger partial charge in [0, 0.05) is 12.0 Å². The number of aromatic hydroxyl groups is 1. The molecule has 3 rings (SSSR count). The van der Waals surface area contributed by atoms with Gasteiger partial charge in [-0.15, -0.1) is 0 Å². The maximum absolute atomic E-state index is 12.4. The molecule has 0 aliphatic carbocycles. The Morgan fingerprint density at radius 2 is 1.95 bits per heavy atom. The molecule has 0 saturated carbocycles. The van der Waals surface area contributed by atoms with Gasteiger partial charge in [0.15, 0.2) is 0 Å². The molecular formula is C16H19NO4S.